The Kier molecular flexibility index (Phi) is 6.46. The van der Waals surface area contributed by atoms with E-state index in [1.165, 1.54) is 0 Å². The first kappa shape index (κ1) is 22.3. The van der Waals surface area contributed by atoms with Gasteiger partial charge < -0.3 is 19.9 Å². The first-order chi connectivity index (χ1) is 15.3. The molecule has 0 aromatic heterocycles. The van der Waals surface area contributed by atoms with Gasteiger partial charge in [-0.2, -0.15) is 0 Å². The van der Waals surface area contributed by atoms with E-state index in [0.717, 1.165) is 0 Å². The molecule has 3 aromatic rings. The zero-order chi connectivity index (χ0) is 22.8. The van der Waals surface area contributed by atoms with Crippen LogP contribution in [0.15, 0.2) is 54.6 Å². The number of ether oxygens (including phenoxy) is 2. The Hall–Kier alpha value is -2.93. The molecule has 6 nitrogen and oxygen atoms in total. The lowest BCUT2D eigenvalue weighted by Crippen LogP contribution is -2.20. The molecule has 1 aliphatic heterocycles. The Bertz CT molecular complexity index is 1200. The highest BCUT2D eigenvalue weighted by molar-refractivity contribution is 6.36. The number of fused-ring (bicyclic) bond motifs is 1. The number of carboxylic acids is 1. The molecule has 0 saturated carbocycles. The minimum absolute atomic E-state index is 0.264. The van der Waals surface area contributed by atoms with Gasteiger partial charge in [-0.25, -0.2) is 0 Å². The summed E-state index contributed by atoms with van der Waals surface area (Å²) in [5.74, 6) is -0.745. The number of carboxylic acid groups (broad SMARTS) is 1. The number of hydrogen-bond donors (Lipinski definition) is 2. The lowest BCUT2D eigenvalue weighted by atomic mass is 9.93. The minimum Gasteiger partial charge on any atom is -0.493 e. The first-order valence-electron chi connectivity index (χ1n) is 9.55. The van der Waals surface area contributed by atoms with Gasteiger partial charge in [-0.05, 0) is 55.0 Å². The molecule has 1 amide bonds. The van der Waals surface area contributed by atoms with Crippen LogP contribution in [0.3, 0.4) is 0 Å². The molecule has 0 saturated heterocycles. The average molecular weight is 493 g/mol. The normalized spacial score (nSPS) is 14.8. The highest BCUT2D eigenvalue weighted by atomic mass is 35.5. The molecule has 1 aliphatic rings. The van der Waals surface area contributed by atoms with E-state index < -0.39 is 11.9 Å². The van der Waals surface area contributed by atoms with Gasteiger partial charge in [-0.15, -0.1) is 0 Å². The molecule has 1 heterocycles. The summed E-state index contributed by atoms with van der Waals surface area (Å²) >= 11 is 18.3. The number of amides is 1. The van der Waals surface area contributed by atoms with Crippen LogP contribution in [0.2, 0.25) is 15.1 Å². The van der Waals surface area contributed by atoms with Crippen molar-refractivity contribution in [3.05, 3.63) is 80.8 Å². The van der Waals surface area contributed by atoms with Crippen molar-refractivity contribution in [1.29, 1.82) is 0 Å². The van der Waals surface area contributed by atoms with E-state index in [-0.39, 0.29) is 10.9 Å². The molecule has 1 unspecified atom stereocenters. The summed E-state index contributed by atoms with van der Waals surface area (Å²) in [4.78, 5) is 24.0. The number of hydrogen-bond acceptors (Lipinski definition) is 4. The summed E-state index contributed by atoms with van der Waals surface area (Å²) in [6, 6.07) is 14.4. The highest BCUT2D eigenvalue weighted by Gasteiger charge is 2.29. The topological polar surface area (TPSA) is 84.9 Å². The summed E-state index contributed by atoms with van der Waals surface area (Å²) in [7, 11) is 0. The van der Waals surface area contributed by atoms with Gasteiger partial charge in [0.25, 0.3) is 5.91 Å². The summed E-state index contributed by atoms with van der Waals surface area (Å²) in [5, 5.41) is 13.2. The van der Waals surface area contributed by atoms with Gasteiger partial charge in [0.1, 0.15) is 17.2 Å². The number of aliphatic carboxylic acids is 1. The van der Waals surface area contributed by atoms with E-state index in [2.05, 4.69) is 5.32 Å². The molecule has 32 heavy (non-hydrogen) atoms. The Balaban J connectivity index is 1.49. The van der Waals surface area contributed by atoms with Crippen molar-refractivity contribution in [2.75, 3.05) is 11.9 Å². The van der Waals surface area contributed by atoms with Gasteiger partial charge in [0.2, 0.25) is 0 Å². The van der Waals surface area contributed by atoms with Crippen LogP contribution >= 0.6 is 34.8 Å². The molecule has 3 aromatic carbocycles. The van der Waals surface area contributed by atoms with Gasteiger partial charge >= 0.3 is 5.97 Å². The van der Waals surface area contributed by atoms with Gasteiger partial charge in [-0.1, -0.05) is 34.8 Å². The van der Waals surface area contributed by atoms with Crippen molar-refractivity contribution in [3.63, 3.8) is 0 Å². The molecule has 0 spiro atoms. The quantitative estimate of drug-likeness (QED) is 0.417. The molecule has 0 aliphatic carbocycles. The third-order valence-electron chi connectivity index (χ3n) is 4.93. The lowest BCUT2D eigenvalue weighted by molar-refractivity contribution is -0.139. The molecule has 2 N–H and O–H groups in total. The number of benzene rings is 3. The fourth-order valence-electron chi connectivity index (χ4n) is 3.31. The first-order valence-corrected chi connectivity index (χ1v) is 10.7. The summed E-state index contributed by atoms with van der Waals surface area (Å²) in [5.41, 5.74) is 1.36. The monoisotopic (exact) mass is 491 g/mol. The van der Waals surface area contributed by atoms with Crippen LogP contribution in [0.5, 0.6) is 17.2 Å². The summed E-state index contributed by atoms with van der Waals surface area (Å²) in [6.45, 7) is 0.298. The van der Waals surface area contributed by atoms with E-state index >= 15 is 0 Å². The Morgan fingerprint density at radius 2 is 1.75 bits per heavy atom. The number of rotatable bonds is 5. The number of nitrogens with one attached hydrogen (secondary N) is 1. The third-order valence-corrected chi connectivity index (χ3v) is 5.77. The Morgan fingerprint density at radius 3 is 2.44 bits per heavy atom. The Morgan fingerprint density at radius 1 is 1.00 bits per heavy atom. The van der Waals surface area contributed by atoms with Crippen LogP contribution in [0.1, 0.15) is 28.3 Å². The van der Waals surface area contributed by atoms with Crippen LogP contribution < -0.4 is 14.8 Å². The second kappa shape index (κ2) is 9.28. The smallest absolute Gasteiger partial charge is 0.311 e. The van der Waals surface area contributed by atoms with Gasteiger partial charge in [0.05, 0.1) is 28.3 Å². The van der Waals surface area contributed by atoms with Crippen molar-refractivity contribution in [3.8, 4) is 17.2 Å². The van der Waals surface area contributed by atoms with Crippen LogP contribution in [-0.4, -0.2) is 23.6 Å². The van der Waals surface area contributed by atoms with Gasteiger partial charge in [0, 0.05) is 22.2 Å². The zero-order valence-corrected chi connectivity index (χ0v) is 18.7. The highest BCUT2D eigenvalue weighted by Crippen LogP contribution is 2.41. The van der Waals surface area contributed by atoms with Crippen LogP contribution in [0.4, 0.5) is 5.69 Å². The van der Waals surface area contributed by atoms with Crippen LogP contribution in [0.25, 0.3) is 0 Å². The molecule has 9 heteroatoms. The molecule has 1 atom stereocenters. The molecule has 0 bridgehead atoms. The van der Waals surface area contributed by atoms with Crippen molar-refractivity contribution in [2.24, 2.45) is 0 Å². The van der Waals surface area contributed by atoms with Crippen molar-refractivity contribution >= 4 is 52.4 Å². The second-order valence-corrected chi connectivity index (χ2v) is 8.30. The van der Waals surface area contributed by atoms with Crippen LogP contribution in [0, 0.1) is 0 Å². The fourth-order valence-corrected chi connectivity index (χ4v) is 3.98. The predicted molar refractivity (Wildman–Crippen MR) is 123 cm³/mol. The number of carbonyl (C=O) groups is 2. The van der Waals surface area contributed by atoms with Crippen molar-refractivity contribution < 1.29 is 24.2 Å². The standard InChI is InChI=1S/C23H16Cl3NO5/c24-13-3-6-19(17(25)9-13)27-22(28)12-1-4-14(5-2-12)32-21-11-20-16(10-18(21)26)15(23(29)30)7-8-31-20/h1-6,9-11,15H,7-8H2,(H,27,28)(H,29,30). The molecule has 4 rings (SSSR count). The van der Waals surface area contributed by atoms with E-state index in [9.17, 15) is 14.7 Å². The third kappa shape index (κ3) is 4.78. The summed E-state index contributed by atoms with van der Waals surface area (Å²) < 4.78 is 11.4. The molecular formula is C23H16Cl3NO5. The van der Waals surface area contributed by atoms with E-state index in [1.54, 1.807) is 54.6 Å². The number of carbonyl (C=O) groups excluding carboxylic acids is 1. The van der Waals surface area contributed by atoms with E-state index in [4.69, 9.17) is 44.3 Å². The van der Waals surface area contributed by atoms with E-state index in [0.29, 0.717) is 57.1 Å². The van der Waals surface area contributed by atoms with Crippen molar-refractivity contribution in [2.45, 2.75) is 12.3 Å². The second-order valence-electron chi connectivity index (χ2n) is 7.05. The maximum atomic E-state index is 12.5. The van der Waals surface area contributed by atoms with E-state index in [1.807, 2.05) is 0 Å². The lowest BCUT2D eigenvalue weighted by Gasteiger charge is -2.24. The zero-order valence-electron chi connectivity index (χ0n) is 16.4. The fraction of sp³-hybridized carbons (Fsp3) is 0.130. The maximum Gasteiger partial charge on any atom is 0.311 e. The van der Waals surface area contributed by atoms with Gasteiger partial charge in [-0.3, -0.25) is 9.59 Å². The average Bonchev–Trinajstić information content (AvgIpc) is 2.76. The predicted octanol–water partition coefficient (Wildman–Crippen LogP) is 6.64. The maximum absolute atomic E-state index is 12.5. The Labute approximate surface area is 198 Å². The molecular weight excluding hydrogens is 477 g/mol. The van der Waals surface area contributed by atoms with Crippen LogP contribution in [-0.2, 0) is 4.79 Å². The van der Waals surface area contributed by atoms with Gasteiger partial charge in [0.15, 0.2) is 0 Å². The largest absolute Gasteiger partial charge is 0.493 e. The molecule has 0 fully saturated rings. The SMILES string of the molecule is O=C(Nc1ccc(Cl)cc1Cl)c1ccc(Oc2cc3c(cc2Cl)C(C(=O)O)CCO3)cc1. The minimum atomic E-state index is -0.923. The molecule has 164 valence electrons. The molecule has 0 radical (unpaired) electrons. The number of anilines is 1. The summed E-state index contributed by atoms with van der Waals surface area (Å²) in [6.07, 6.45) is 0.379. The van der Waals surface area contributed by atoms with Crippen molar-refractivity contribution in [1.82, 2.24) is 0 Å². The number of halogens is 3.